The lowest BCUT2D eigenvalue weighted by atomic mass is 9.74. The highest BCUT2D eigenvalue weighted by Crippen LogP contribution is 2.47. The SMILES string of the molecule is CC(=O)N1CC2(CCN(CC3CCOC3)CC2)c2cc(F)ccc21. The molecule has 4 nitrogen and oxygen atoms in total. The Balaban J connectivity index is 1.52. The molecule has 0 bridgehead atoms. The maximum Gasteiger partial charge on any atom is 0.223 e. The average Bonchev–Trinajstić information content (AvgIpc) is 3.17. The first-order valence-corrected chi connectivity index (χ1v) is 8.96. The number of benzene rings is 1. The molecule has 0 N–H and O–H groups in total. The van der Waals surface area contributed by atoms with E-state index in [1.807, 2.05) is 4.90 Å². The maximum absolute atomic E-state index is 13.8. The van der Waals surface area contributed by atoms with Crippen LogP contribution in [0.5, 0.6) is 0 Å². The zero-order chi connectivity index (χ0) is 16.7. The van der Waals surface area contributed by atoms with E-state index in [4.69, 9.17) is 4.74 Å². The van der Waals surface area contributed by atoms with E-state index in [0.717, 1.165) is 63.4 Å². The Bertz CT molecular complexity index is 634. The van der Waals surface area contributed by atoms with Crippen LogP contribution in [0.3, 0.4) is 0 Å². The van der Waals surface area contributed by atoms with Crippen molar-refractivity contribution in [1.82, 2.24) is 4.90 Å². The summed E-state index contributed by atoms with van der Waals surface area (Å²) in [7, 11) is 0. The molecule has 5 heteroatoms. The predicted octanol–water partition coefficient (Wildman–Crippen LogP) is 2.56. The van der Waals surface area contributed by atoms with Gasteiger partial charge in [0.05, 0.1) is 6.61 Å². The summed E-state index contributed by atoms with van der Waals surface area (Å²) < 4.78 is 19.3. The molecule has 3 heterocycles. The van der Waals surface area contributed by atoms with Gasteiger partial charge in [-0.1, -0.05) is 0 Å². The van der Waals surface area contributed by atoms with Gasteiger partial charge in [-0.05, 0) is 62.0 Å². The summed E-state index contributed by atoms with van der Waals surface area (Å²) in [6, 6.07) is 4.88. The molecular formula is C19H25FN2O2. The summed E-state index contributed by atoms with van der Waals surface area (Å²) in [5.74, 6) is 0.496. The molecule has 0 saturated carbocycles. The van der Waals surface area contributed by atoms with E-state index in [9.17, 15) is 9.18 Å². The highest BCUT2D eigenvalue weighted by molar-refractivity contribution is 5.94. The summed E-state index contributed by atoms with van der Waals surface area (Å²) in [6.07, 6.45) is 3.13. The van der Waals surface area contributed by atoms with E-state index < -0.39 is 0 Å². The second kappa shape index (κ2) is 6.12. The number of ether oxygens (including phenoxy) is 1. The van der Waals surface area contributed by atoms with Gasteiger partial charge in [-0.3, -0.25) is 4.79 Å². The Hall–Kier alpha value is -1.46. The van der Waals surface area contributed by atoms with Gasteiger partial charge in [-0.25, -0.2) is 4.39 Å². The Kier molecular flexibility index (Phi) is 4.09. The first kappa shape index (κ1) is 16.0. The zero-order valence-electron chi connectivity index (χ0n) is 14.3. The minimum absolute atomic E-state index is 0.0465. The highest BCUT2D eigenvalue weighted by atomic mass is 19.1. The number of halogens is 1. The third-order valence-corrected chi connectivity index (χ3v) is 6.02. The molecule has 1 aromatic rings. The standard InChI is InChI=1S/C19H25FN2O2/c1-14(23)22-13-19(17-10-16(20)2-3-18(17)22)5-7-21(8-6-19)11-15-4-9-24-12-15/h2-3,10,15H,4-9,11-13H2,1H3. The molecule has 1 unspecified atom stereocenters. The van der Waals surface area contributed by atoms with E-state index >= 15 is 0 Å². The number of carbonyl (C=O) groups excluding carboxylic acids is 1. The monoisotopic (exact) mass is 332 g/mol. The lowest BCUT2D eigenvalue weighted by Gasteiger charge is -2.40. The second-order valence-electron chi connectivity index (χ2n) is 7.58. The second-order valence-corrected chi connectivity index (χ2v) is 7.58. The number of fused-ring (bicyclic) bond motifs is 2. The van der Waals surface area contributed by atoms with Gasteiger partial charge in [-0.15, -0.1) is 0 Å². The van der Waals surface area contributed by atoms with Crippen molar-refractivity contribution in [1.29, 1.82) is 0 Å². The van der Waals surface area contributed by atoms with Gasteiger partial charge in [-0.2, -0.15) is 0 Å². The van der Waals surface area contributed by atoms with Gasteiger partial charge < -0.3 is 14.5 Å². The Labute approximate surface area is 142 Å². The largest absolute Gasteiger partial charge is 0.381 e. The number of hydrogen-bond acceptors (Lipinski definition) is 3. The van der Waals surface area contributed by atoms with Gasteiger partial charge >= 0.3 is 0 Å². The van der Waals surface area contributed by atoms with Gasteiger partial charge in [0.1, 0.15) is 5.82 Å². The number of likely N-dealkylation sites (tertiary alicyclic amines) is 1. The van der Waals surface area contributed by atoms with E-state index in [2.05, 4.69) is 4.90 Å². The minimum Gasteiger partial charge on any atom is -0.381 e. The van der Waals surface area contributed by atoms with E-state index in [0.29, 0.717) is 12.5 Å². The molecule has 130 valence electrons. The molecule has 3 aliphatic rings. The van der Waals surface area contributed by atoms with Crippen molar-refractivity contribution in [3.05, 3.63) is 29.6 Å². The molecule has 1 atom stereocenters. The molecule has 3 aliphatic heterocycles. The van der Waals surface area contributed by atoms with E-state index in [1.54, 1.807) is 19.1 Å². The quantitative estimate of drug-likeness (QED) is 0.834. The number of amides is 1. The minimum atomic E-state index is -0.205. The number of hydrogen-bond donors (Lipinski definition) is 0. The van der Waals surface area contributed by atoms with Gasteiger partial charge in [0.2, 0.25) is 5.91 Å². The van der Waals surface area contributed by atoms with Crippen LogP contribution in [0, 0.1) is 11.7 Å². The molecule has 1 spiro atoms. The van der Waals surface area contributed by atoms with Crippen molar-refractivity contribution >= 4 is 11.6 Å². The Morgan fingerprint density at radius 2 is 2.17 bits per heavy atom. The highest BCUT2D eigenvalue weighted by Gasteiger charge is 2.46. The molecule has 2 fully saturated rings. The topological polar surface area (TPSA) is 32.8 Å². The molecule has 0 radical (unpaired) electrons. The molecule has 1 aromatic carbocycles. The third kappa shape index (κ3) is 2.74. The molecular weight excluding hydrogens is 307 g/mol. The summed E-state index contributed by atoms with van der Waals surface area (Å²) in [4.78, 5) is 16.4. The summed E-state index contributed by atoms with van der Waals surface area (Å²) in [6.45, 7) is 7.19. The fraction of sp³-hybridized carbons (Fsp3) is 0.632. The smallest absolute Gasteiger partial charge is 0.223 e. The van der Waals surface area contributed by atoms with Crippen LogP contribution in [0.2, 0.25) is 0 Å². The summed E-state index contributed by atoms with van der Waals surface area (Å²) in [5.41, 5.74) is 1.86. The van der Waals surface area contributed by atoms with Crippen molar-refractivity contribution in [3.63, 3.8) is 0 Å². The van der Waals surface area contributed by atoms with Crippen LogP contribution >= 0.6 is 0 Å². The van der Waals surface area contributed by atoms with E-state index in [-0.39, 0.29) is 17.1 Å². The first-order valence-electron chi connectivity index (χ1n) is 8.96. The molecule has 4 rings (SSSR count). The predicted molar refractivity (Wildman–Crippen MR) is 90.7 cm³/mol. The number of anilines is 1. The van der Waals surface area contributed by atoms with Crippen LogP contribution in [0.4, 0.5) is 10.1 Å². The number of rotatable bonds is 2. The first-order chi connectivity index (χ1) is 11.6. The van der Waals surface area contributed by atoms with Crippen LogP contribution in [-0.2, 0) is 14.9 Å². The van der Waals surface area contributed by atoms with Crippen LogP contribution in [0.25, 0.3) is 0 Å². The van der Waals surface area contributed by atoms with Gasteiger partial charge in [0.25, 0.3) is 0 Å². The van der Waals surface area contributed by atoms with Crippen molar-refractivity contribution in [2.75, 3.05) is 44.3 Å². The van der Waals surface area contributed by atoms with Crippen molar-refractivity contribution in [3.8, 4) is 0 Å². The molecule has 0 aromatic heterocycles. The lowest BCUT2D eigenvalue weighted by Crippen LogP contribution is -2.47. The molecule has 0 aliphatic carbocycles. The third-order valence-electron chi connectivity index (χ3n) is 6.02. The summed E-state index contributed by atoms with van der Waals surface area (Å²) in [5, 5.41) is 0. The maximum atomic E-state index is 13.8. The van der Waals surface area contributed by atoms with Crippen molar-refractivity contribution < 1.29 is 13.9 Å². The molecule has 1 amide bonds. The normalized spacial score (nSPS) is 26.1. The fourth-order valence-corrected chi connectivity index (χ4v) is 4.61. The Morgan fingerprint density at radius 1 is 1.38 bits per heavy atom. The number of nitrogens with zero attached hydrogens (tertiary/aromatic N) is 2. The van der Waals surface area contributed by atoms with E-state index in [1.165, 1.54) is 6.07 Å². The van der Waals surface area contributed by atoms with Crippen molar-refractivity contribution in [2.45, 2.75) is 31.6 Å². The van der Waals surface area contributed by atoms with Crippen LogP contribution in [0.15, 0.2) is 18.2 Å². The van der Waals surface area contributed by atoms with Crippen LogP contribution in [0.1, 0.15) is 31.7 Å². The molecule has 24 heavy (non-hydrogen) atoms. The zero-order valence-corrected chi connectivity index (χ0v) is 14.3. The van der Waals surface area contributed by atoms with Crippen LogP contribution < -0.4 is 4.90 Å². The van der Waals surface area contributed by atoms with Crippen LogP contribution in [-0.4, -0.2) is 50.2 Å². The molecule has 2 saturated heterocycles. The number of piperidine rings is 1. The number of carbonyl (C=O) groups is 1. The van der Waals surface area contributed by atoms with Gasteiger partial charge in [0.15, 0.2) is 0 Å². The summed E-state index contributed by atoms with van der Waals surface area (Å²) >= 11 is 0. The lowest BCUT2D eigenvalue weighted by molar-refractivity contribution is -0.116. The fourth-order valence-electron chi connectivity index (χ4n) is 4.61. The average molecular weight is 332 g/mol. The van der Waals surface area contributed by atoms with Crippen molar-refractivity contribution in [2.24, 2.45) is 5.92 Å². The van der Waals surface area contributed by atoms with Gasteiger partial charge in [0, 0.05) is 37.7 Å². The Morgan fingerprint density at radius 3 is 2.83 bits per heavy atom.